The first kappa shape index (κ1) is 20.6. The number of nitrogens with one attached hydrogen (secondary N) is 1. The van der Waals surface area contributed by atoms with E-state index in [0.29, 0.717) is 24.7 Å². The molecular formula is C21H23N3O4S2. The first-order valence-corrected chi connectivity index (χ1v) is 12.2. The summed E-state index contributed by atoms with van der Waals surface area (Å²) in [6.45, 7) is 5.45. The summed E-state index contributed by atoms with van der Waals surface area (Å²) in [6.07, 6.45) is 2.00. The highest BCUT2D eigenvalue weighted by Crippen LogP contribution is 2.32. The van der Waals surface area contributed by atoms with Crippen LogP contribution < -0.4 is 14.2 Å². The molecule has 4 rings (SSSR count). The van der Waals surface area contributed by atoms with Gasteiger partial charge in [-0.3, -0.25) is 4.72 Å². The molecule has 1 aromatic heterocycles. The lowest BCUT2D eigenvalue weighted by Gasteiger charge is -2.14. The third-order valence-corrected chi connectivity index (χ3v) is 6.92. The van der Waals surface area contributed by atoms with Crippen molar-refractivity contribution in [2.45, 2.75) is 30.4 Å². The molecule has 0 unspecified atom stereocenters. The molecule has 0 saturated heterocycles. The van der Waals surface area contributed by atoms with Crippen LogP contribution in [0.5, 0.6) is 11.5 Å². The van der Waals surface area contributed by atoms with Gasteiger partial charge in [-0.25, -0.2) is 13.4 Å². The molecule has 0 atom stereocenters. The van der Waals surface area contributed by atoms with Gasteiger partial charge in [0, 0.05) is 35.8 Å². The maximum absolute atomic E-state index is 13.1. The van der Waals surface area contributed by atoms with E-state index in [0.717, 1.165) is 28.7 Å². The highest BCUT2D eigenvalue weighted by Gasteiger charge is 2.21. The van der Waals surface area contributed by atoms with Gasteiger partial charge in [0.2, 0.25) is 0 Å². The number of aromatic nitrogens is 2. The Labute approximate surface area is 180 Å². The number of fused-ring (bicyclic) bond motifs is 1. The maximum atomic E-state index is 13.1. The van der Waals surface area contributed by atoms with E-state index in [-0.39, 0.29) is 10.6 Å². The summed E-state index contributed by atoms with van der Waals surface area (Å²) in [5.74, 6) is 1.86. The minimum atomic E-state index is -3.85. The van der Waals surface area contributed by atoms with Gasteiger partial charge in [0.1, 0.15) is 16.4 Å². The first-order valence-electron chi connectivity index (χ1n) is 9.73. The number of imidazole rings is 1. The van der Waals surface area contributed by atoms with Gasteiger partial charge in [0.05, 0.1) is 18.9 Å². The number of rotatable bonds is 8. The van der Waals surface area contributed by atoms with E-state index >= 15 is 0 Å². The third-order valence-electron chi connectivity index (χ3n) is 4.53. The Morgan fingerprint density at radius 3 is 2.73 bits per heavy atom. The highest BCUT2D eigenvalue weighted by atomic mass is 32.2. The Bertz CT molecular complexity index is 1140. The van der Waals surface area contributed by atoms with Crippen LogP contribution in [0.3, 0.4) is 0 Å². The topological polar surface area (TPSA) is 82.5 Å². The van der Waals surface area contributed by atoms with Crippen molar-refractivity contribution in [3.8, 4) is 22.8 Å². The lowest BCUT2D eigenvalue weighted by molar-refractivity contribution is 0.317. The number of benzene rings is 2. The summed E-state index contributed by atoms with van der Waals surface area (Å²) in [5, 5.41) is 0.992. The zero-order chi connectivity index (χ0) is 21.1. The lowest BCUT2D eigenvalue weighted by atomic mass is 10.1. The van der Waals surface area contributed by atoms with Crippen LogP contribution in [-0.2, 0) is 16.6 Å². The molecule has 0 fully saturated rings. The van der Waals surface area contributed by atoms with Crippen LogP contribution in [0.25, 0.3) is 11.3 Å². The molecule has 3 aromatic rings. The van der Waals surface area contributed by atoms with Crippen molar-refractivity contribution < 1.29 is 17.9 Å². The Balaban J connectivity index is 1.62. The number of thioether (sulfide) groups is 1. The normalized spacial score (nSPS) is 13.1. The van der Waals surface area contributed by atoms with Crippen LogP contribution in [0.1, 0.15) is 13.8 Å². The van der Waals surface area contributed by atoms with E-state index < -0.39 is 10.0 Å². The van der Waals surface area contributed by atoms with Crippen LogP contribution in [0.15, 0.2) is 58.7 Å². The zero-order valence-electron chi connectivity index (χ0n) is 16.8. The molecule has 1 N–H and O–H groups in total. The largest absolute Gasteiger partial charge is 0.494 e. The number of aryl methyl sites for hydroxylation is 1. The fourth-order valence-corrected chi connectivity index (χ4v) is 5.36. The molecule has 2 heterocycles. The van der Waals surface area contributed by atoms with Crippen molar-refractivity contribution in [2.75, 3.05) is 23.7 Å². The first-order chi connectivity index (χ1) is 14.5. The summed E-state index contributed by atoms with van der Waals surface area (Å²) in [5.41, 5.74) is 2.15. The van der Waals surface area contributed by atoms with E-state index in [1.165, 1.54) is 6.07 Å². The van der Waals surface area contributed by atoms with Gasteiger partial charge in [-0.2, -0.15) is 0 Å². The van der Waals surface area contributed by atoms with Crippen molar-refractivity contribution in [3.63, 3.8) is 0 Å². The molecule has 0 spiro atoms. The molecule has 2 aromatic carbocycles. The Morgan fingerprint density at radius 2 is 1.97 bits per heavy atom. The number of nitrogens with zero attached hydrogens (tertiary/aromatic N) is 2. The van der Waals surface area contributed by atoms with E-state index in [4.69, 9.17) is 9.47 Å². The van der Waals surface area contributed by atoms with Crippen LogP contribution in [0.2, 0.25) is 0 Å². The van der Waals surface area contributed by atoms with E-state index in [9.17, 15) is 8.42 Å². The van der Waals surface area contributed by atoms with Gasteiger partial charge in [0.15, 0.2) is 5.16 Å². The second-order valence-corrected chi connectivity index (χ2v) is 9.32. The minimum absolute atomic E-state index is 0.0653. The van der Waals surface area contributed by atoms with Crippen LogP contribution in [-0.4, -0.2) is 36.9 Å². The Hall–Kier alpha value is -2.65. The maximum Gasteiger partial charge on any atom is 0.265 e. The van der Waals surface area contributed by atoms with E-state index in [1.807, 2.05) is 25.3 Å². The second kappa shape index (κ2) is 8.61. The van der Waals surface area contributed by atoms with Gasteiger partial charge < -0.3 is 14.0 Å². The predicted molar refractivity (Wildman–Crippen MR) is 118 cm³/mol. The van der Waals surface area contributed by atoms with E-state index in [1.54, 1.807) is 43.0 Å². The van der Waals surface area contributed by atoms with Crippen molar-refractivity contribution in [3.05, 3.63) is 48.7 Å². The molecule has 9 heteroatoms. The lowest BCUT2D eigenvalue weighted by Crippen LogP contribution is -2.14. The third kappa shape index (κ3) is 4.27. The molecular weight excluding hydrogens is 422 g/mol. The molecule has 158 valence electrons. The monoisotopic (exact) mass is 445 g/mol. The van der Waals surface area contributed by atoms with Gasteiger partial charge in [-0.15, -0.1) is 0 Å². The van der Waals surface area contributed by atoms with E-state index in [2.05, 4.69) is 14.3 Å². The van der Waals surface area contributed by atoms with Crippen molar-refractivity contribution in [1.29, 1.82) is 0 Å². The molecule has 0 bridgehead atoms. The molecule has 7 nitrogen and oxygen atoms in total. The smallest absolute Gasteiger partial charge is 0.265 e. The molecule has 0 radical (unpaired) electrons. The fraction of sp³-hybridized carbons (Fsp3) is 0.286. The summed E-state index contributed by atoms with van der Waals surface area (Å²) in [4.78, 5) is 4.70. The summed E-state index contributed by atoms with van der Waals surface area (Å²) >= 11 is 1.72. The average molecular weight is 446 g/mol. The average Bonchev–Trinajstić information content (AvgIpc) is 3.31. The van der Waals surface area contributed by atoms with Gasteiger partial charge in [-0.1, -0.05) is 23.9 Å². The zero-order valence-corrected chi connectivity index (χ0v) is 18.4. The fourth-order valence-electron chi connectivity index (χ4n) is 3.24. The number of anilines is 1. The Kier molecular flexibility index (Phi) is 5.92. The second-order valence-electron chi connectivity index (χ2n) is 6.61. The minimum Gasteiger partial charge on any atom is -0.494 e. The molecule has 30 heavy (non-hydrogen) atoms. The van der Waals surface area contributed by atoms with Gasteiger partial charge in [-0.05, 0) is 38.1 Å². The number of hydrogen-bond acceptors (Lipinski definition) is 6. The van der Waals surface area contributed by atoms with Crippen molar-refractivity contribution in [1.82, 2.24) is 9.55 Å². The molecule has 1 aliphatic heterocycles. The molecule has 0 aliphatic carbocycles. The highest BCUT2D eigenvalue weighted by molar-refractivity contribution is 7.99. The summed E-state index contributed by atoms with van der Waals surface area (Å²) in [7, 11) is -3.85. The molecule has 0 amide bonds. The Morgan fingerprint density at radius 1 is 1.13 bits per heavy atom. The van der Waals surface area contributed by atoms with Gasteiger partial charge in [0.25, 0.3) is 10.0 Å². The number of sulfonamides is 1. The van der Waals surface area contributed by atoms with Crippen molar-refractivity contribution >= 4 is 27.5 Å². The quantitative estimate of drug-likeness (QED) is 0.558. The number of hydrogen-bond donors (Lipinski definition) is 1. The van der Waals surface area contributed by atoms with Crippen LogP contribution >= 0.6 is 11.8 Å². The molecule has 0 saturated carbocycles. The van der Waals surface area contributed by atoms with Crippen LogP contribution in [0, 0.1) is 0 Å². The van der Waals surface area contributed by atoms with Crippen molar-refractivity contribution in [2.24, 2.45) is 0 Å². The summed E-state index contributed by atoms with van der Waals surface area (Å²) < 4.78 is 41.9. The summed E-state index contributed by atoms with van der Waals surface area (Å²) in [6, 6.07) is 12.0. The predicted octanol–water partition coefficient (Wildman–Crippen LogP) is 4.25. The van der Waals surface area contributed by atoms with Gasteiger partial charge >= 0.3 is 0 Å². The number of ether oxygens (including phenoxy) is 2. The standard InChI is InChI=1S/C21H23N3O4S2/c1-3-27-17-8-9-20(19(13-17)28-4-2)30(25,26)23-16-7-5-6-15(12-16)18-14-24-10-11-29-21(24)22-18/h5-9,12-14,23H,3-4,10-11H2,1-2H3. The SMILES string of the molecule is CCOc1ccc(S(=O)(=O)Nc2cccc(-c3cn4c(n3)SCC4)c2)c(OCC)c1. The van der Waals surface area contributed by atoms with Crippen LogP contribution in [0.4, 0.5) is 5.69 Å². The molecule has 1 aliphatic rings.